The molecular weight excluding hydrogens is 414 g/mol. The molecule has 2 aromatic carbocycles. The number of thiocarbonyl (C=S) groups is 1. The fourth-order valence-electron chi connectivity index (χ4n) is 3.87. The topological polar surface area (TPSA) is 69.4 Å². The van der Waals surface area contributed by atoms with E-state index in [9.17, 15) is 8.42 Å². The quantitative estimate of drug-likeness (QED) is 0.628. The van der Waals surface area contributed by atoms with Crippen LogP contribution in [0.15, 0.2) is 53.4 Å². The van der Waals surface area contributed by atoms with Gasteiger partial charge < -0.3 is 10.5 Å². The molecule has 7 heteroatoms. The van der Waals surface area contributed by atoms with Crippen LogP contribution in [-0.4, -0.2) is 31.9 Å². The molecule has 3 atom stereocenters. The second-order valence-corrected chi connectivity index (χ2v) is 9.98. The van der Waals surface area contributed by atoms with Crippen molar-refractivity contribution in [3.05, 3.63) is 64.7 Å². The van der Waals surface area contributed by atoms with Gasteiger partial charge in [-0.05, 0) is 48.7 Å². The lowest BCUT2D eigenvalue weighted by Crippen LogP contribution is -2.33. The van der Waals surface area contributed by atoms with Gasteiger partial charge in [-0.1, -0.05) is 55.0 Å². The van der Waals surface area contributed by atoms with E-state index >= 15 is 0 Å². The maximum Gasteiger partial charge on any atom is 0.182 e. The summed E-state index contributed by atoms with van der Waals surface area (Å²) >= 11 is 11.3. The third-order valence-corrected chi connectivity index (χ3v) is 8.41. The van der Waals surface area contributed by atoms with Gasteiger partial charge in [-0.2, -0.15) is 0 Å². The maximum atomic E-state index is 13.5. The van der Waals surface area contributed by atoms with E-state index in [0.717, 1.165) is 12.0 Å². The molecule has 2 N–H and O–H groups in total. The molecule has 1 fully saturated rings. The summed E-state index contributed by atoms with van der Waals surface area (Å²) in [6, 6.07) is 14.2. The van der Waals surface area contributed by atoms with Crippen LogP contribution in [0.2, 0.25) is 5.02 Å². The molecule has 0 saturated heterocycles. The van der Waals surface area contributed by atoms with Gasteiger partial charge in [-0.3, -0.25) is 0 Å². The lowest BCUT2D eigenvalue weighted by molar-refractivity contribution is 0.121. The summed E-state index contributed by atoms with van der Waals surface area (Å²) in [5.41, 5.74) is 7.29. The van der Waals surface area contributed by atoms with Crippen molar-refractivity contribution in [2.75, 3.05) is 13.2 Å². The molecule has 0 aliphatic heterocycles. The Bertz CT molecular complexity index is 958. The fraction of sp³-hybridized carbons (Fsp3) is 0.381. The van der Waals surface area contributed by atoms with Crippen molar-refractivity contribution in [1.82, 2.24) is 0 Å². The summed E-state index contributed by atoms with van der Waals surface area (Å²) in [6.45, 7) is 4.58. The van der Waals surface area contributed by atoms with E-state index in [2.05, 4.69) is 6.92 Å². The average Bonchev–Trinajstić information content (AvgIpc) is 3.38. The highest BCUT2D eigenvalue weighted by Gasteiger charge is 2.73. The largest absolute Gasteiger partial charge is 0.393 e. The third-order valence-electron chi connectivity index (χ3n) is 5.48. The van der Waals surface area contributed by atoms with Crippen molar-refractivity contribution < 1.29 is 13.2 Å². The summed E-state index contributed by atoms with van der Waals surface area (Å²) in [7, 11) is -3.68. The van der Waals surface area contributed by atoms with E-state index in [1.807, 2.05) is 31.2 Å². The molecule has 1 saturated carbocycles. The zero-order valence-electron chi connectivity index (χ0n) is 15.9. The highest BCUT2D eigenvalue weighted by Crippen LogP contribution is 2.64. The molecule has 0 radical (unpaired) electrons. The number of ether oxygens (including phenoxy) is 1. The number of hydrogen-bond acceptors (Lipinski definition) is 4. The first-order valence-electron chi connectivity index (χ1n) is 9.25. The van der Waals surface area contributed by atoms with Gasteiger partial charge >= 0.3 is 0 Å². The second kappa shape index (κ2) is 8.11. The Morgan fingerprint density at radius 1 is 1.14 bits per heavy atom. The SMILES string of the molecule is CCOCC1(C(N)=S)C(c2ccc(CC)cc2)C1S(=O)(=O)c1ccc(Cl)cc1. The minimum Gasteiger partial charge on any atom is -0.393 e. The van der Waals surface area contributed by atoms with E-state index in [1.165, 1.54) is 17.7 Å². The van der Waals surface area contributed by atoms with Crippen LogP contribution >= 0.6 is 23.8 Å². The molecule has 0 aromatic heterocycles. The summed E-state index contributed by atoms with van der Waals surface area (Å²) in [5.74, 6) is -0.344. The van der Waals surface area contributed by atoms with Crippen LogP contribution < -0.4 is 5.73 Å². The lowest BCUT2D eigenvalue weighted by atomic mass is 9.98. The van der Waals surface area contributed by atoms with Gasteiger partial charge in [0.05, 0.1) is 27.2 Å². The van der Waals surface area contributed by atoms with Crippen molar-refractivity contribution in [2.45, 2.75) is 36.3 Å². The molecule has 0 spiro atoms. The Morgan fingerprint density at radius 2 is 1.75 bits per heavy atom. The molecule has 2 aromatic rings. The molecule has 0 bridgehead atoms. The minimum atomic E-state index is -3.68. The van der Waals surface area contributed by atoms with Gasteiger partial charge in [0.1, 0.15) is 0 Å². The Kier molecular flexibility index (Phi) is 6.15. The van der Waals surface area contributed by atoms with Gasteiger partial charge in [0.25, 0.3) is 0 Å². The molecule has 3 rings (SSSR count). The number of sulfone groups is 1. The number of hydrogen-bond donors (Lipinski definition) is 1. The average molecular weight is 438 g/mol. The molecule has 28 heavy (non-hydrogen) atoms. The lowest BCUT2D eigenvalue weighted by Gasteiger charge is -2.17. The van der Waals surface area contributed by atoms with Crippen molar-refractivity contribution in [3.8, 4) is 0 Å². The van der Waals surface area contributed by atoms with Crippen LogP contribution in [0.25, 0.3) is 0 Å². The van der Waals surface area contributed by atoms with Crippen LogP contribution in [0.3, 0.4) is 0 Å². The van der Waals surface area contributed by atoms with Gasteiger partial charge in [0.15, 0.2) is 9.84 Å². The van der Waals surface area contributed by atoms with E-state index in [4.69, 9.17) is 34.3 Å². The summed E-state index contributed by atoms with van der Waals surface area (Å²) in [5, 5.41) is -0.283. The second-order valence-electron chi connectivity index (χ2n) is 7.03. The molecule has 4 nitrogen and oxygen atoms in total. The first-order valence-corrected chi connectivity index (χ1v) is 11.6. The number of halogens is 1. The standard InChI is InChI=1S/C21H24ClNO3S2/c1-3-14-5-7-15(8-6-14)18-19(21(18,20(23)27)13-26-4-2)28(24,25)17-11-9-16(22)10-12-17/h5-12,18-19H,3-4,13H2,1-2H3,(H2,23,27). The Morgan fingerprint density at radius 3 is 2.25 bits per heavy atom. The van der Waals surface area contributed by atoms with E-state index in [-0.39, 0.29) is 22.4 Å². The van der Waals surface area contributed by atoms with Gasteiger partial charge in [0, 0.05) is 17.5 Å². The molecule has 1 aliphatic rings. The maximum absolute atomic E-state index is 13.5. The smallest absolute Gasteiger partial charge is 0.182 e. The highest BCUT2D eigenvalue weighted by atomic mass is 35.5. The molecule has 0 heterocycles. The van der Waals surface area contributed by atoms with E-state index in [1.54, 1.807) is 12.1 Å². The minimum absolute atomic E-state index is 0.174. The first-order chi connectivity index (χ1) is 13.3. The summed E-state index contributed by atoms with van der Waals surface area (Å²) in [4.78, 5) is 0.389. The zero-order chi connectivity index (χ0) is 20.5. The van der Waals surface area contributed by atoms with Crippen LogP contribution in [-0.2, 0) is 21.0 Å². The van der Waals surface area contributed by atoms with Crippen molar-refractivity contribution in [1.29, 1.82) is 0 Å². The molecule has 150 valence electrons. The Balaban J connectivity index is 2.08. The number of benzene rings is 2. The predicted molar refractivity (Wildman–Crippen MR) is 117 cm³/mol. The molecule has 3 unspecified atom stereocenters. The summed E-state index contributed by atoms with van der Waals surface area (Å²) < 4.78 is 32.6. The van der Waals surface area contributed by atoms with Crippen LogP contribution in [0.5, 0.6) is 0 Å². The van der Waals surface area contributed by atoms with Gasteiger partial charge in [0.2, 0.25) is 0 Å². The monoisotopic (exact) mass is 437 g/mol. The van der Waals surface area contributed by atoms with Crippen molar-refractivity contribution in [3.63, 3.8) is 0 Å². The summed E-state index contributed by atoms with van der Waals surface area (Å²) in [6.07, 6.45) is 0.914. The van der Waals surface area contributed by atoms with E-state index < -0.39 is 20.5 Å². The first kappa shape index (κ1) is 21.2. The van der Waals surface area contributed by atoms with Crippen LogP contribution in [0.1, 0.15) is 30.9 Å². The third kappa shape index (κ3) is 3.59. The Hall–Kier alpha value is -1.47. The molecule has 1 aliphatic carbocycles. The van der Waals surface area contributed by atoms with Crippen LogP contribution in [0.4, 0.5) is 0 Å². The zero-order valence-corrected chi connectivity index (χ0v) is 18.3. The van der Waals surface area contributed by atoms with Crippen molar-refractivity contribution >= 4 is 38.6 Å². The molecule has 0 amide bonds. The van der Waals surface area contributed by atoms with Crippen molar-refractivity contribution in [2.24, 2.45) is 11.1 Å². The molecular formula is C21H24ClNO3S2. The number of rotatable bonds is 8. The number of nitrogens with two attached hydrogens (primary N) is 1. The van der Waals surface area contributed by atoms with E-state index in [0.29, 0.717) is 11.6 Å². The van der Waals surface area contributed by atoms with Crippen LogP contribution in [0, 0.1) is 5.41 Å². The Labute approximate surface area is 177 Å². The normalized spacial score (nSPS) is 24.1. The fourth-order valence-corrected chi connectivity index (χ4v) is 6.77. The highest BCUT2D eigenvalue weighted by molar-refractivity contribution is 7.92. The predicted octanol–water partition coefficient (Wildman–Crippen LogP) is 4.15. The van der Waals surface area contributed by atoms with Gasteiger partial charge in [-0.15, -0.1) is 0 Å². The van der Waals surface area contributed by atoms with Gasteiger partial charge in [-0.25, -0.2) is 8.42 Å². The number of aryl methyl sites for hydroxylation is 1.